The molecule has 0 saturated heterocycles. The molecule has 4 rings (SSSR count). The van der Waals surface area contributed by atoms with Crippen molar-refractivity contribution in [2.75, 3.05) is 0 Å². The van der Waals surface area contributed by atoms with E-state index in [2.05, 4.69) is 31.1 Å². The number of aromatic amines is 1. The zero-order valence-corrected chi connectivity index (χ0v) is 10.5. The summed E-state index contributed by atoms with van der Waals surface area (Å²) in [5.41, 5.74) is 2.66. The minimum absolute atomic E-state index is 0.611. The van der Waals surface area contributed by atoms with Gasteiger partial charge in [0.25, 0.3) is 0 Å². The van der Waals surface area contributed by atoms with E-state index in [9.17, 15) is 0 Å². The van der Waals surface area contributed by atoms with Crippen molar-refractivity contribution in [2.45, 2.75) is 31.6 Å². The van der Waals surface area contributed by atoms with Gasteiger partial charge in [-0.25, -0.2) is 19.6 Å². The first kappa shape index (κ1) is 10.7. The topological polar surface area (TPSA) is 72.3 Å². The highest BCUT2D eigenvalue weighted by atomic mass is 15.3. The van der Waals surface area contributed by atoms with Crippen LogP contribution in [0.5, 0.6) is 0 Å². The third-order valence-electron chi connectivity index (χ3n) is 3.80. The number of imidazole rings is 1. The van der Waals surface area contributed by atoms with Crippen molar-refractivity contribution >= 4 is 11.2 Å². The van der Waals surface area contributed by atoms with Crippen molar-refractivity contribution < 1.29 is 0 Å². The Kier molecular flexibility index (Phi) is 2.33. The lowest BCUT2D eigenvalue weighted by atomic mass is 10.1. The molecule has 6 heteroatoms. The van der Waals surface area contributed by atoms with Gasteiger partial charge in [0.15, 0.2) is 11.5 Å². The van der Waals surface area contributed by atoms with E-state index in [0.717, 1.165) is 11.3 Å². The third kappa shape index (κ3) is 1.71. The summed E-state index contributed by atoms with van der Waals surface area (Å²) >= 11 is 0. The summed E-state index contributed by atoms with van der Waals surface area (Å²) in [4.78, 5) is 15.6. The number of hydrogen-bond acceptors (Lipinski definition) is 4. The quantitative estimate of drug-likeness (QED) is 0.761. The molecule has 3 aromatic heterocycles. The van der Waals surface area contributed by atoms with E-state index in [1.807, 2.05) is 10.9 Å². The molecule has 19 heavy (non-hydrogen) atoms. The molecule has 0 amide bonds. The maximum absolute atomic E-state index is 4.67. The second-order valence-corrected chi connectivity index (χ2v) is 4.96. The summed E-state index contributed by atoms with van der Waals surface area (Å²) in [5, 5.41) is 4.67. The zero-order valence-electron chi connectivity index (χ0n) is 10.5. The van der Waals surface area contributed by atoms with Crippen LogP contribution in [0.25, 0.3) is 17.0 Å². The van der Waals surface area contributed by atoms with Crippen LogP contribution in [0, 0.1) is 0 Å². The Bertz CT molecular complexity index is 707. The van der Waals surface area contributed by atoms with E-state index in [1.54, 1.807) is 6.33 Å². The molecule has 1 aliphatic carbocycles. The molecule has 3 heterocycles. The van der Waals surface area contributed by atoms with Crippen LogP contribution in [0.1, 0.15) is 37.3 Å². The van der Waals surface area contributed by atoms with Crippen LogP contribution in [-0.2, 0) is 0 Å². The largest absolute Gasteiger partial charge is 0.340 e. The molecule has 96 valence electrons. The van der Waals surface area contributed by atoms with E-state index >= 15 is 0 Å². The number of H-pyrrole nitrogens is 1. The summed E-state index contributed by atoms with van der Waals surface area (Å²) in [6.45, 7) is 0. The Morgan fingerprint density at radius 1 is 1.16 bits per heavy atom. The highest BCUT2D eigenvalue weighted by Crippen LogP contribution is 2.33. The SMILES string of the molecule is c1nc(-n2ccc(C3CCCC3)n2)c2[nH]cnc2n1. The maximum Gasteiger partial charge on any atom is 0.182 e. The van der Waals surface area contributed by atoms with E-state index < -0.39 is 0 Å². The summed E-state index contributed by atoms with van der Waals surface area (Å²) in [6, 6.07) is 2.10. The smallest absolute Gasteiger partial charge is 0.182 e. The van der Waals surface area contributed by atoms with Crippen molar-refractivity contribution in [1.82, 2.24) is 29.7 Å². The van der Waals surface area contributed by atoms with Crippen LogP contribution in [0.4, 0.5) is 0 Å². The van der Waals surface area contributed by atoms with E-state index in [4.69, 9.17) is 0 Å². The molecular formula is C13H14N6. The average Bonchev–Trinajstić information content (AvgIpc) is 3.18. The van der Waals surface area contributed by atoms with Crippen LogP contribution in [0.2, 0.25) is 0 Å². The second-order valence-electron chi connectivity index (χ2n) is 4.96. The average molecular weight is 254 g/mol. The number of rotatable bonds is 2. The number of nitrogens with one attached hydrogen (secondary N) is 1. The van der Waals surface area contributed by atoms with Gasteiger partial charge in [-0.3, -0.25) is 0 Å². The summed E-state index contributed by atoms with van der Waals surface area (Å²) in [6.07, 6.45) is 10.3. The highest BCUT2D eigenvalue weighted by molar-refractivity contribution is 5.77. The molecule has 3 aromatic rings. The molecule has 0 atom stereocenters. The molecule has 1 saturated carbocycles. The number of nitrogens with zero attached hydrogens (tertiary/aromatic N) is 5. The lowest BCUT2D eigenvalue weighted by molar-refractivity contribution is 0.676. The lowest BCUT2D eigenvalue weighted by Crippen LogP contribution is -2.02. The number of hydrogen-bond donors (Lipinski definition) is 1. The maximum atomic E-state index is 4.67. The van der Waals surface area contributed by atoms with Gasteiger partial charge in [-0.1, -0.05) is 12.8 Å². The summed E-state index contributed by atoms with van der Waals surface area (Å²) in [5.74, 6) is 1.37. The van der Waals surface area contributed by atoms with Gasteiger partial charge in [0.2, 0.25) is 0 Å². The Balaban J connectivity index is 1.77. The van der Waals surface area contributed by atoms with Crippen LogP contribution in [0.3, 0.4) is 0 Å². The van der Waals surface area contributed by atoms with Gasteiger partial charge in [-0.2, -0.15) is 5.10 Å². The predicted octanol–water partition coefficient (Wildman–Crippen LogP) is 2.20. The van der Waals surface area contributed by atoms with E-state index in [1.165, 1.54) is 37.7 Å². The van der Waals surface area contributed by atoms with Crippen molar-refractivity contribution in [3.8, 4) is 5.82 Å². The standard InChI is InChI=1S/C13H14N6/c1-2-4-9(3-1)10-5-6-19(18-10)13-11-12(15-7-14-11)16-8-17-13/h5-9H,1-4H2,(H,14,15,16,17). The predicted molar refractivity (Wildman–Crippen MR) is 70.0 cm³/mol. The van der Waals surface area contributed by atoms with Crippen LogP contribution < -0.4 is 0 Å². The van der Waals surface area contributed by atoms with E-state index in [-0.39, 0.29) is 0 Å². The first-order valence-electron chi connectivity index (χ1n) is 6.62. The van der Waals surface area contributed by atoms with Gasteiger partial charge in [-0.15, -0.1) is 0 Å². The van der Waals surface area contributed by atoms with Crippen LogP contribution in [-0.4, -0.2) is 29.7 Å². The van der Waals surface area contributed by atoms with E-state index in [0.29, 0.717) is 11.6 Å². The second kappa shape index (κ2) is 4.15. The van der Waals surface area contributed by atoms with Crippen molar-refractivity contribution in [3.63, 3.8) is 0 Å². The molecule has 1 aliphatic rings. The fraction of sp³-hybridized carbons (Fsp3) is 0.385. The van der Waals surface area contributed by atoms with Crippen molar-refractivity contribution in [2.24, 2.45) is 0 Å². The first-order valence-corrected chi connectivity index (χ1v) is 6.62. The molecular weight excluding hydrogens is 240 g/mol. The minimum atomic E-state index is 0.611. The van der Waals surface area contributed by atoms with Gasteiger partial charge in [0, 0.05) is 12.1 Å². The molecule has 0 radical (unpaired) electrons. The molecule has 1 fully saturated rings. The van der Waals surface area contributed by atoms with Crippen molar-refractivity contribution in [3.05, 3.63) is 30.6 Å². The van der Waals surface area contributed by atoms with Crippen LogP contribution >= 0.6 is 0 Å². The Hall–Kier alpha value is -2.24. The summed E-state index contributed by atoms with van der Waals surface area (Å²) < 4.78 is 1.82. The third-order valence-corrected chi connectivity index (χ3v) is 3.80. The van der Waals surface area contributed by atoms with Gasteiger partial charge in [-0.05, 0) is 18.9 Å². The Morgan fingerprint density at radius 2 is 2.05 bits per heavy atom. The summed E-state index contributed by atoms with van der Waals surface area (Å²) in [7, 11) is 0. The Morgan fingerprint density at radius 3 is 2.95 bits per heavy atom. The van der Waals surface area contributed by atoms with Gasteiger partial charge >= 0.3 is 0 Å². The van der Waals surface area contributed by atoms with Gasteiger partial charge in [0.1, 0.15) is 11.8 Å². The fourth-order valence-corrected chi connectivity index (χ4v) is 2.82. The number of fused-ring (bicyclic) bond motifs is 1. The van der Waals surface area contributed by atoms with Gasteiger partial charge in [0.05, 0.1) is 12.0 Å². The zero-order chi connectivity index (χ0) is 12.7. The highest BCUT2D eigenvalue weighted by Gasteiger charge is 2.20. The molecule has 0 aliphatic heterocycles. The van der Waals surface area contributed by atoms with Crippen molar-refractivity contribution in [1.29, 1.82) is 0 Å². The molecule has 6 nitrogen and oxygen atoms in total. The normalized spacial score (nSPS) is 16.4. The molecule has 0 spiro atoms. The monoisotopic (exact) mass is 254 g/mol. The lowest BCUT2D eigenvalue weighted by Gasteiger charge is -2.04. The molecule has 0 aromatic carbocycles. The minimum Gasteiger partial charge on any atom is -0.340 e. The molecule has 0 bridgehead atoms. The number of aromatic nitrogens is 6. The van der Waals surface area contributed by atoms with Gasteiger partial charge < -0.3 is 4.98 Å². The molecule has 1 N–H and O–H groups in total. The first-order chi connectivity index (χ1) is 9.42. The Labute approximate surface area is 109 Å². The molecule has 0 unspecified atom stereocenters. The van der Waals surface area contributed by atoms with Crippen LogP contribution in [0.15, 0.2) is 24.9 Å². The fourth-order valence-electron chi connectivity index (χ4n) is 2.82.